The molecule has 5 heteroatoms. The molecule has 0 bridgehead atoms. The molecule has 0 fully saturated rings. The highest BCUT2D eigenvalue weighted by Crippen LogP contribution is 2.16. The van der Waals surface area contributed by atoms with Gasteiger partial charge in [0.1, 0.15) is 0 Å². The highest BCUT2D eigenvalue weighted by Gasteiger charge is 2.16. The van der Waals surface area contributed by atoms with Gasteiger partial charge in [-0.3, -0.25) is 4.79 Å². The number of para-hydroxylation sites is 1. The van der Waals surface area contributed by atoms with Crippen molar-refractivity contribution in [3.8, 4) is 0 Å². The first-order valence-corrected chi connectivity index (χ1v) is 8.18. The standard InChI is InChI=1S/C19H23ClN2O.ClH/c1-14(13-15-7-10-17(20)11-8-15)22(2)19(23)12-9-16-5-3-4-6-18(16)21;/h3-8,10-11,14H,9,12-13,21H2,1-2H3;1H. The zero-order valence-corrected chi connectivity index (χ0v) is 15.6. The molecule has 0 spiro atoms. The van der Waals surface area contributed by atoms with Crippen LogP contribution in [0.4, 0.5) is 5.69 Å². The van der Waals surface area contributed by atoms with E-state index in [2.05, 4.69) is 6.92 Å². The number of nitrogen functional groups attached to an aromatic ring is 1. The van der Waals surface area contributed by atoms with Gasteiger partial charge >= 0.3 is 0 Å². The number of hydrogen-bond acceptors (Lipinski definition) is 2. The summed E-state index contributed by atoms with van der Waals surface area (Å²) < 4.78 is 0. The van der Waals surface area contributed by atoms with Gasteiger partial charge in [-0.2, -0.15) is 0 Å². The summed E-state index contributed by atoms with van der Waals surface area (Å²) in [5.74, 6) is 0.134. The largest absolute Gasteiger partial charge is 0.399 e. The molecule has 0 saturated carbocycles. The molecule has 1 unspecified atom stereocenters. The van der Waals surface area contributed by atoms with Gasteiger partial charge in [0.15, 0.2) is 0 Å². The minimum Gasteiger partial charge on any atom is -0.399 e. The van der Waals surface area contributed by atoms with Gasteiger partial charge in [-0.15, -0.1) is 12.4 Å². The second kappa shape index (κ2) is 9.55. The number of benzene rings is 2. The molecule has 0 aliphatic rings. The van der Waals surface area contributed by atoms with Gasteiger partial charge < -0.3 is 10.6 Å². The summed E-state index contributed by atoms with van der Waals surface area (Å²) in [6, 6.07) is 15.6. The summed E-state index contributed by atoms with van der Waals surface area (Å²) in [4.78, 5) is 14.2. The van der Waals surface area contributed by atoms with E-state index < -0.39 is 0 Å². The molecular formula is C19H24Cl2N2O. The van der Waals surface area contributed by atoms with Crippen LogP contribution in [0.2, 0.25) is 5.02 Å². The second-order valence-corrected chi connectivity index (χ2v) is 6.32. The van der Waals surface area contributed by atoms with E-state index >= 15 is 0 Å². The van der Waals surface area contributed by atoms with E-state index in [1.807, 2.05) is 60.5 Å². The van der Waals surface area contributed by atoms with Crippen molar-refractivity contribution in [2.45, 2.75) is 32.2 Å². The molecule has 0 aromatic heterocycles. The van der Waals surface area contributed by atoms with E-state index in [1.165, 1.54) is 5.56 Å². The fourth-order valence-corrected chi connectivity index (χ4v) is 2.65. The zero-order valence-electron chi connectivity index (χ0n) is 14.0. The summed E-state index contributed by atoms with van der Waals surface area (Å²) in [5, 5.41) is 0.728. The fourth-order valence-electron chi connectivity index (χ4n) is 2.52. The summed E-state index contributed by atoms with van der Waals surface area (Å²) in [5.41, 5.74) is 8.87. The average Bonchev–Trinajstić information content (AvgIpc) is 2.55. The Kier molecular flexibility index (Phi) is 8.09. The van der Waals surface area contributed by atoms with Gasteiger partial charge in [-0.1, -0.05) is 41.9 Å². The molecule has 3 nitrogen and oxygen atoms in total. The number of aryl methyl sites for hydroxylation is 1. The molecule has 0 heterocycles. The molecule has 1 amide bonds. The van der Waals surface area contributed by atoms with Crippen molar-refractivity contribution in [3.63, 3.8) is 0 Å². The minimum atomic E-state index is 0. The summed E-state index contributed by atoms with van der Waals surface area (Å²) >= 11 is 5.90. The zero-order chi connectivity index (χ0) is 16.8. The molecule has 0 aliphatic heterocycles. The highest BCUT2D eigenvalue weighted by atomic mass is 35.5. The number of rotatable bonds is 6. The summed E-state index contributed by atoms with van der Waals surface area (Å²) in [7, 11) is 1.86. The minimum absolute atomic E-state index is 0. The van der Waals surface area contributed by atoms with Crippen molar-refractivity contribution < 1.29 is 4.79 Å². The molecule has 0 radical (unpaired) electrons. The van der Waals surface area contributed by atoms with Crippen LogP contribution < -0.4 is 5.73 Å². The van der Waals surface area contributed by atoms with Gasteiger partial charge in [0, 0.05) is 30.2 Å². The van der Waals surface area contributed by atoms with Crippen LogP contribution in [0.3, 0.4) is 0 Å². The number of carbonyl (C=O) groups excluding carboxylic acids is 1. The Labute approximate surface area is 155 Å². The van der Waals surface area contributed by atoms with E-state index in [-0.39, 0.29) is 24.4 Å². The van der Waals surface area contributed by atoms with Gasteiger partial charge in [0.2, 0.25) is 5.91 Å². The Hall–Kier alpha value is -1.71. The maximum absolute atomic E-state index is 12.4. The third kappa shape index (κ3) is 5.73. The first-order valence-electron chi connectivity index (χ1n) is 7.81. The number of nitrogens with two attached hydrogens (primary N) is 1. The number of hydrogen-bond donors (Lipinski definition) is 1. The van der Waals surface area contributed by atoms with Crippen molar-refractivity contribution in [2.24, 2.45) is 0 Å². The van der Waals surface area contributed by atoms with Gasteiger partial charge in [0.05, 0.1) is 0 Å². The van der Waals surface area contributed by atoms with Crippen LogP contribution >= 0.6 is 24.0 Å². The molecule has 24 heavy (non-hydrogen) atoms. The lowest BCUT2D eigenvalue weighted by Gasteiger charge is -2.25. The lowest BCUT2D eigenvalue weighted by Crippen LogP contribution is -2.36. The number of carbonyl (C=O) groups is 1. The average molecular weight is 367 g/mol. The Morgan fingerprint density at radius 2 is 1.79 bits per heavy atom. The van der Waals surface area contributed by atoms with Gasteiger partial charge in [-0.25, -0.2) is 0 Å². The number of anilines is 1. The molecule has 2 N–H and O–H groups in total. The number of amides is 1. The van der Waals surface area contributed by atoms with E-state index in [0.29, 0.717) is 12.8 Å². The normalized spacial score (nSPS) is 11.5. The Balaban J connectivity index is 0.00000288. The molecular weight excluding hydrogens is 343 g/mol. The van der Waals surface area contributed by atoms with E-state index in [4.69, 9.17) is 17.3 Å². The molecule has 0 saturated heterocycles. The third-order valence-electron chi connectivity index (χ3n) is 4.16. The van der Waals surface area contributed by atoms with Crippen molar-refractivity contribution in [3.05, 3.63) is 64.7 Å². The monoisotopic (exact) mass is 366 g/mol. The lowest BCUT2D eigenvalue weighted by molar-refractivity contribution is -0.131. The van der Waals surface area contributed by atoms with Crippen molar-refractivity contribution in [1.29, 1.82) is 0 Å². The van der Waals surface area contributed by atoms with E-state index in [0.717, 1.165) is 22.7 Å². The van der Waals surface area contributed by atoms with Crippen LogP contribution in [0.5, 0.6) is 0 Å². The topological polar surface area (TPSA) is 46.3 Å². The quantitative estimate of drug-likeness (QED) is 0.771. The number of halogens is 2. The van der Waals surface area contributed by atoms with Crippen LogP contribution in [0.1, 0.15) is 24.5 Å². The molecule has 2 rings (SSSR count). The van der Waals surface area contributed by atoms with Gasteiger partial charge in [0.25, 0.3) is 0 Å². The highest BCUT2D eigenvalue weighted by molar-refractivity contribution is 6.30. The molecule has 0 aliphatic carbocycles. The van der Waals surface area contributed by atoms with Crippen LogP contribution in [-0.4, -0.2) is 23.9 Å². The number of likely N-dealkylation sites (N-methyl/N-ethyl adjacent to an activating group) is 1. The molecule has 1 atom stereocenters. The summed E-state index contributed by atoms with van der Waals surface area (Å²) in [6.07, 6.45) is 1.95. The number of nitrogens with zero attached hydrogens (tertiary/aromatic N) is 1. The SMILES string of the molecule is CC(Cc1ccc(Cl)cc1)N(C)C(=O)CCc1ccccc1N.Cl. The Morgan fingerprint density at radius 3 is 2.42 bits per heavy atom. The predicted octanol–water partition coefficient (Wildman–Crippen LogP) is 4.37. The first kappa shape index (κ1) is 20.3. The first-order chi connectivity index (χ1) is 11.0. The van der Waals surface area contributed by atoms with Crippen LogP contribution in [0.15, 0.2) is 48.5 Å². The van der Waals surface area contributed by atoms with Crippen LogP contribution in [0, 0.1) is 0 Å². The van der Waals surface area contributed by atoms with Crippen molar-refractivity contribution in [2.75, 3.05) is 12.8 Å². The molecule has 130 valence electrons. The van der Waals surface area contributed by atoms with Crippen molar-refractivity contribution in [1.82, 2.24) is 4.90 Å². The maximum Gasteiger partial charge on any atom is 0.222 e. The molecule has 2 aromatic carbocycles. The maximum atomic E-state index is 12.4. The Morgan fingerprint density at radius 1 is 1.17 bits per heavy atom. The van der Waals surface area contributed by atoms with Crippen LogP contribution in [-0.2, 0) is 17.6 Å². The second-order valence-electron chi connectivity index (χ2n) is 5.88. The third-order valence-corrected chi connectivity index (χ3v) is 4.41. The smallest absolute Gasteiger partial charge is 0.222 e. The Bertz CT molecular complexity index is 659. The van der Waals surface area contributed by atoms with Crippen molar-refractivity contribution >= 4 is 35.6 Å². The predicted molar refractivity (Wildman–Crippen MR) is 104 cm³/mol. The van der Waals surface area contributed by atoms with Crippen LogP contribution in [0.25, 0.3) is 0 Å². The van der Waals surface area contributed by atoms with E-state index in [9.17, 15) is 4.79 Å². The fraction of sp³-hybridized carbons (Fsp3) is 0.316. The lowest BCUT2D eigenvalue weighted by atomic mass is 10.0. The van der Waals surface area contributed by atoms with E-state index in [1.54, 1.807) is 0 Å². The molecule has 2 aromatic rings. The summed E-state index contributed by atoms with van der Waals surface area (Å²) in [6.45, 7) is 2.06. The van der Waals surface area contributed by atoms with Gasteiger partial charge in [-0.05, 0) is 49.1 Å².